The molecule has 4 heteroatoms. The molecule has 0 N–H and O–H groups in total. The van der Waals surface area contributed by atoms with E-state index in [1.807, 2.05) is 39.8 Å². The fraction of sp³-hybridized carbons (Fsp3) is 0.923. The van der Waals surface area contributed by atoms with Gasteiger partial charge in [0.2, 0.25) is 5.91 Å². The summed E-state index contributed by atoms with van der Waals surface area (Å²) in [5.74, 6) is 0.103. The second-order valence-electron chi connectivity index (χ2n) is 6.33. The molecule has 1 aliphatic heterocycles. The molecule has 0 saturated carbocycles. The number of alkyl halides is 1. The molecule has 3 nitrogen and oxygen atoms in total. The number of likely N-dealkylation sites (N-methyl/N-ethyl adjacent to an activating group) is 1. The molecule has 1 heterocycles. The average molecular weight is 244 g/mol. The van der Waals surface area contributed by atoms with Gasteiger partial charge in [-0.3, -0.25) is 4.79 Å². The first-order valence-electron chi connectivity index (χ1n) is 6.27. The van der Waals surface area contributed by atoms with Gasteiger partial charge in [-0.05, 0) is 32.4 Å². The SMILES string of the molecule is CN(C)CC(=O)N1CCC(F)(C(C)(C)C)CC1. The second kappa shape index (κ2) is 4.92. The summed E-state index contributed by atoms with van der Waals surface area (Å²) in [5, 5.41) is 0. The smallest absolute Gasteiger partial charge is 0.236 e. The van der Waals surface area contributed by atoms with Crippen molar-refractivity contribution in [1.29, 1.82) is 0 Å². The standard InChI is InChI=1S/C13H25FN2O/c1-12(2,3)13(14)6-8-16(9-7-13)11(17)10-15(4)5/h6-10H2,1-5H3. The predicted octanol–water partition coefficient (Wildman–Crippen LogP) is 1.92. The molecule has 0 aromatic carbocycles. The number of piperidine rings is 1. The highest BCUT2D eigenvalue weighted by molar-refractivity contribution is 5.78. The van der Waals surface area contributed by atoms with Gasteiger partial charge in [0.05, 0.1) is 6.54 Å². The first-order valence-corrected chi connectivity index (χ1v) is 6.27. The van der Waals surface area contributed by atoms with Crippen LogP contribution in [0.4, 0.5) is 4.39 Å². The summed E-state index contributed by atoms with van der Waals surface area (Å²) in [5.41, 5.74) is -1.48. The largest absolute Gasteiger partial charge is 0.341 e. The van der Waals surface area contributed by atoms with E-state index in [0.29, 0.717) is 32.5 Å². The van der Waals surface area contributed by atoms with E-state index in [2.05, 4.69) is 0 Å². The summed E-state index contributed by atoms with van der Waals surface area (Å²) in [4.78, 5) is 15.5. The molecule has 1 rings (SSSR count). The van der Waals surface area contributed by atoms with Crippen molar-refractivity contribution in [2.24, 2.45) is 5.41 Å². The number of amides is 1. The Hall–Kier alpha value is -0.640. The van der Waals surface area contributed by atoms with Crippen molar-refractivity contribution in [3.63, 3.8) is 0 Å². The Morgan fingerprint density at radius 1 is 1.29 bits per heavy atom. The van der Waals surface area contributed by atoms with Crippen LogP contribution in [0.1, 0.15) is 33.6 Å². The van der Waals surface area contributed by atoms with Crippen LogP contribution in [-0.2, 0) is 4.79 Å². The monoisotopic (exact) mass is 244 g/mol. The number of likely N-dealkylation sites (tertiary alicyclic amines) is 1. The minimum Gasteiger partial charge on any atom is -0.341 e. The Kier molecular flexibility index (Phi) is 4.18. The van der Waals surface area contributed by atoms with Crippen LogP contribution in [0.5, 0.6) is 0 Å². The minimum absolute atomic E-state index is 0.103. The van der Waals surface area contributed by atoms with Gasteiger partial charge in [-0.2, -0.15) is 0 Å². The lowest BCUT2D eigenvalue weighted by atomic mass is 9.72. The lowest BCUT2D eigenvalue weighted by Gasteiger charge is -2.44. The van der Waals surface area contributed by atoms with Crippen LogP contribution in [0.25, 0.3) is 0 Å². The van der Waals surface area contributed by atoms with Gasteiger partial charge in [-0.25, -0.2) is 4.39 Å². The van der Waals surface area contributed by atoms with E-state index in [9.17, 15) is 9.18 Å². The highest BCUT2D eigenvalue weighted by Gasteiger charge is 2.45. The molecule has 17 heavy (non-hydrogen) atoms. The zero-order valence-corrected chi connectivity index (χ0v) is 11.7. The van der Waals surface area contributed by atoms with E-state index in [4.69, 9.17) is 0 Å². The van der Waals surface area contributed by atoms with Gasteiger partial charge < -0.3 is 9.80 Å². The van der Waals surface area contributed by atoms with E-state index < -0.39 is 5.67 Å². The highest BCUT2D eigenvalue weighted by Crippen LogP contribution is 2.42. The summed E-state index contributed by atoms with van der Waals surface area (Å²) in [6.07, 6.45) is 0.908. The maximum Gasteiger partial charge on any atom is 0.236 e. The van der Waals surface area contributed by atoms with Crippen LogP contribution in [-0.4, -0.2) is 55.1 Å². The Balaban J connectivity index is 2.54. The minimum atomic E-state index is -1.14. The maximum absolute atomic E-state index is 14.6. The summed E-state index contributed by atoms with van der Waals surface area (Å²) in [6.45, 7) is 7.30. The zero-order valence-electron chi connectivity index (χ0n) is 11.7. The molecule has 1 amide bonds. The summed E-state index contributed by atoms with van der Waals surface area (Å²) in [7, 11) is 3.74. The summed E-state index contributed by atoms with van der Waals surface area (Å²) in [6, 6.07) is 0. The van der Waals surface area contributed by atoms with Crippen molar-refractivity contribution in [2.45, 2.75) is 39.3 Å². The molecular weight excluding hydrogens is 219 g/mol. The molecule has 0 unspecified atom stereocenters. The van der Waals surface area contributed by atoms with Crippen LogP contribution in [0, 0.1) is 5.41 Å². The Labute approximate surface area is 104 Å². The fourth-order valence-corrected chi connectivity index (χ4v) is 2.23. The molecule has 100 valence electrons. The maximum atomic E-state index is 14.6. The lowest BCUT2D eigenvalue weighted by Crippen LogP contribution is -2.51. The quantitative estimate of drug-likeness (QED) is 0.741. The van der Waals surface area contributed by atoms with Gasteiger partial charge in [-0.15, -0.1) is 0 Å². The third-order valence-corrected chi connectivity index (χ3v) is 3.70. The second-order valence-corrected chi connectivity index (χ2v) is 6.33. The Bertz CT molecular complexity index is 276. The van der Waals surface area contributed by atoms with Crippen molar-refractivity contribution in [3.8, 4) is 0 Å². The Morgan fingerprint density at radius 2 is 1.76 bits per heavy atom. The number of hydrogen-bond acceptors (Lipinski definition) is 2. The third-order valence-electron chi connectivity index (χ3n) is 3.70. The number of rotatable bonds is 2. The molecular formula is C13H25FN2O. The van der Waals surface area contributed by atoms with Gasteiger partial charge in [0.25, 0.3) is 0 Å². The first-order chi connectivity index (χ1) is 7.66. The number of hydrogen-bond donors (Lipinski definition) is 0. The molecule has 1 aliphatic rings. The van der Waals surface area contributed by atoms with Crippen molar-refractivity contribution in [3.05, 3.63) is 0 Å². The predicted molar refractivity (Wildman–Crippen MR) is 67.7 cm³/mol. The number of carbonyl (C=O) groups excluding carboxylic acids is 1. The summed E-state index contributed by atoms with van der Waals surface area (Å²) < 4.78 is 14.6. The molecule has 0 aromatic rings. The normalized spacial score (nSPS) is 20.8. The van der Waals surface area contributed by atoms with E-state index in [1.54, 1.807) is 4.90 Å². The average Bonchev–Trinajstić information content (AvgIpc) is 2.15. The van der Waals surface area contributed by atoms with Crippen molar-refractivity contribution >= 4 is 5.91 Å². The molecule has 1 fully saturated rings. The van der Waals surface area contributed by atoms with Gasteiger partial charge in [0.1, 0.15) is 5.67 Å². The van der Waals surface area contributed by atoms with Gasteiger partial charge in [-0.1, -0.05) is 20.8 Å². The van der Waals surface area contributed by atoms with Crippen LogP contribution in [0.3, 0.4) is 0 Å². The molecule has 0 spiro atoms. The van der Waals surface area contributed by atoms with Crippen molar-refractivity contribution in [2.75, 3.05) is 33.7 Å². The van der Waals surface area contributed by atoms with Crippen LogP contribution >= 0.6 is 0 Å². The number of halogens is 1. The van der Waals surface area contributed by atoms with Gasteiger partial charge in [0, 0.05) is 13.1 Å². The van der Waals surface area contributed by atoms with Crippen LogP contribution in [0.15, 0.2) is 0 Å². The third kappa shape index (κ3) is 3.41. The molecule has 1 saturated heterocycles. The van der Waals surface area contributed by atoms with Crippen LogP contribution in [0.2, 0.25) is 0 Å². The highest BCUT2D eigenvalue weighted by atomic mass is 19.1. The van der Waals surface area contributed by atoms with Gasteiger partial charge >= 0.3 is 0 Å². The lowest BCUT2D eigenvalue weighted by molar-refractivity contribution is -0.136. The van der Waals surface area contributed by atoms with E-state index in [0.717, 1.165) is 0 Å². The zero-order chi connectivity index (χ0) is 13.3. The molecule has 0 aliphatic carbocycles. The Morgan fingerprint density at radius 3 is 2.12 bits per heavy atom. The van der Waals surface area contributed by atoms with Crippen molar-refractivity contribution in [1.82, 2.24) is 9.80 Å². The van der Waals surface area contributed by atoms with E-state index in [1.165, 1.54) is 0 Å². The van der Waals surface area contributed by atoms with Gasteiger partial charge in [0.15, 0.2) is 0 Å². The molecule has 0 radical (unpaired) electrons. The molecule has 0 bridgehead atoms. The molecule has 0 atom stereocenters. The number of carbonyl (C=O) groups is 1. The number of nitrogens with zero attached hydrogens (tertiary/aromatic N) is 2. The van der Waals surface area contributed by atoms with E-state index >= 15 is 0 Å². The molecule has 0 aromatic heterocycles. The van der Waals surface area contributed by atoms with Crippen molar-refractivity contribution < 1.29 is 9.18 Å². The first kappa shape index (κ1) is 14.4. The topological polar surface area (TPSA) is 23.6 Å². The fourth-order valence-electron chi connectivity index (χ4n) is 2.23. The van der Waals surface area contributed by atoms with E-state index in [-0.39, 0.29) is 11.3 Å². The van der Waals surface area contributed by atoms with Crippen LogP contribution < -0.4 is 0 Å². The summed E-state index contributed by atoms with van der Waals surface area (Å²) >= 11 is 0.